The maximum absolute atomic E-state index is 4.95. The van der Waals surface area contributed by atoms with Crippen molar-refractivity contribution >= 4 is 35.7 Å². The Morgan fingerprint density at radius 3 is 1.01 bits per heavy atom. The minimum absolute atomic E-state index is 0.278. The third-order valence-corrected chi connectivity index (χ3v) is 16.9. The second kappa shape index (κ2) is 32.5. The van der Waals surface area contributed by atoms with Crippen molar-refractivity contribution in [3.05, 3.63) is 0 Å². The summed E-state index contributed by atoms with van der Waals surface area (Å²) in [6.07, 6.45) is 32.0. The smallest absolute Gasteiger partial charge is 0.231 e. The molecule has 0 radical (unpaired) electrons. The molecule has 2 unspecified atom stereocenters. The van der Waals surface area contributed by atoms with Crippen molar-refractivity contribution in [2.24, 2.45) is 0 Å². The molecule has 2 aromatic heterocycles. The maximum Gasteiger partial charge on any atom is 0.231 e. The van der Waals surface area contributed by atoms with Crippen LogP contribution < -0.4 is 31.1 Å². The Bertz CT molecular complexity index is 1650. The zero-order chi connectivity index (χ0) is 54.0. The number of piperidine rings is 2. The lowest BCUT2D eigenvalue weighted by Crippen LogP contribution is -2.58. The summed E-state index contributed by atoms with van der Waals surface area (Å²) in [5, 5.41) is 14.7. The highest BCUT2D eigenvalue weighted by molar-refractivity contribution is 5.45. The highest BCUT2D eigenvalue weighted by Gasteiger charge is 2.41. The van der Waals surface area contributed by atoms with E-state index in [0.29, 0.717) is 35.9 Å². The van der Waals surface area contributed by atoms with E-state index in [1.54, 1.807) is 0 Å². The van der Waals surface area contributed by atoms with Crippen molar-refractivity contribution < 1.29 is 0 Å². The van der Waals surface area contributed by atoms with Gasteiger partial charge in [-0.05, 0) is 186 Å². The van der Waals surface area contributed by atoms with Crippen molar-refractivity contribution in [1.82, 2.24) is 39.7 Å². The largest absolute Gasteiger partial charge is 0.354 e. The van der Waals surface area contributed by atoms with Crippen LogP contribution >= 0.6 is 0 Å². The fourth-order valence-corrected chi connectivity index (χ4v) is 12.6. The van der Waals surface area contributed by atoms with Crippen LogP contribution in [0.1, 0.15) is 264 Å². The molecule has 0 aliphatic carbocycles. The number of nitrogens with zero attached hydrogens (tertiary/aromatic N) is 10. The summed E-state index contributed by atoms with van der Waals surface area (Å²) in [5.74, 6) is 4.33. The van der Waals surface area contributed by atoms with Crippen molar-refractivity contribution in [3.8, 4) is 0 Å². The summed E-state index contributed by atoms with van der Waals surface area (Å²) in [7, 11) is 0. The predicted molar refractivity (Wildman–Crippen MR) is 320 cm³/mol. The highest BCUT2D eigenvalue weighted by Crippen LogP contribution is 2.39. The Kier molecular flexibility index (Phi) is 27.8. The molecule has 2 aliphatic rings. The van der Waals surface area contributed by atoms with Crippen LogP contribution in [-0.4, -0.2) is 126 Å². The number of nitrogens with one attached hydrogen (secondary N) is 4. The van der Waals surface area contributed by atoms with E-state index in [1.165, 1.54) is 129 Å². The van der Waals surface area contributed by atoms with Gasteiger partial charge in [-0.15, -0.1) is 0 Å². The van der Waals surface area contributed by atoms with Gasteiger partial charge >= 0.3 is 0 Å². The summed E-state index contributed by atoms with van der Waals surface area (Å²) in [5.41, 5.74) is 1.11. The van der Waals surface area contributed by atoms with Gasteiger partial charge in [0, 0.05) is 73.5 Å². The van der Waals surface area contributed by atoms with Gasteiger partial charge in [-0.25, -0.2) is 0 Å². The molecule has 0 spiro atoms. The van der Waals surface area contributed by atoms with E-state index in [9.17, 15) is 0 Å². The van der Waals surface area contributed by atoms with Crippen molar-refractivity contribution in [1.29, 1.82) is 0 Å². The molecule has 14 heteroatoms. The molecule has 2 aromatic rings. The van der Waals surface area contributed by atoms with E-state index in [0.717, 1.165) is 103 Å². The van der Waals surface area contributed by atoms with Gasteiger partial charge in [-0.2, -0.15) is 29.9 Å². The quantitative estimate of drug-likeness (QED) is 0.0473. The van der Waals surface area contributed by atoms with E-state index < -0.39 is 0 Å². The Morgan fingerprint density at radius 2 is 0.703 bits per heavy atom. The third-order valence-electron chi connectivity index (χ3n) is 16.9. The van der Waals surface area contributed by atoms with Gasteiger partial charge in [0.1, 0.15) is 0 Å². The molecule has 14 nitrogen and oxygen atoms in total. The van der Waals surface area contributed by atoms with Gasteiger partial charge in [-0.1, -0.05) is 90.9 Å². The van der Waals surface area contributed by atoms with Gasteiger partial charge < -0.3 is 31.1 Å². The average Bonchev–Trinajstić information content (AvgIpc) is 3.33. The lowest BCUT2D eigenvalue weighted by Gasteiger charge is -2.53. The Hall–Kier alpha value is -3.26. The molecule has 4 N–H and O–H groups in total. The molecule has 4 heterocycles. The van der Waals surface area contributed by atoms with Crippen LogP contribution in [0.2, 0.25) is 0 Å². The predicted octanol–water partition coefficient (Wildman–Crippen LogP) is 14.8. The van der Waals surface area contributed by atoms with Crippen molar-refractivity contribution in [3.63, 3.8) is 0 Å². The van der Waals surface area contributed by atoms with Crippen LogP contribution in [0.4, 0.5) is 35.7 Å². The second-order valence-electron chi connectivity index (χ2n) is 24.8. The van der Waals surface area contributed by atoms with E-state index in [4.69, 9.17) is 29.9 Å². The Balaban J connectivity index is 1.13. The van der Waals surface area contributed by atoms with Crippen LogP contribution in [0.5, 0.6) is 0 Å². The van der Waals surface area contributed by atoms with Crippen LogP contribution in [0.15, 0.2) is 0 Å². The number of anilines is 6. The van der Waals surface area contributed by atoms with Crippen LogP contribution in [0.3, 0.4) is 0 Å². The number of hydrogen-bond donors (Lipinski definition) is 4. The highest BCUT2D eigenvalue weighted by atomic mass is 15.3. The van der Waals surface area contributed by atoms with Crippen LogP contribution in [-0.2, 0) is 0 Å². The fourth-order valence-electron chi connectivity index (χ4n) is 12.6. The number of hydrogen-bond acceptors (Lipinski definition) is 14. The summed E-state index contributed by atoms with van der Waals surface area (Å²) in [6.45, 7) is 40.4. The maximum atomic E-state index is 4.95. The monoisotopic (exact) mass is 1030 g/mol. The molecule has 2 atom stereocenters. The zero-order valence-electron chi connectivity index (χ0n) is 50.7. The van der Waals surface area contributed by atoms with E-state index >= 15 is 0 Å². The first-order valence-electron chi connectivity index (χ1n) is 31.0. The number of likely N-dealkylation sites (tertiary alicyclic amines) is 2. The van der Waals surface area contributed by atoms with Gasteiger partial charge in [0.15, 0.2) is 0 Å². The second-order valence-corrected chi connectivity index (χ2v) is 24.8. The number of aromatic nitrogens is 6. The minimum Gasteiger partial charge on any atom is -0.354 e. The number of rotatable bonds is 39. The summed E-state index contributed by atoms with van der Waals surface area (Å²) < 4.78 is 0. The molecule has 4 rings (SSSR count). The van der Waals surface area contributed by atoms with E-state index in [1.807, 2.05) is 0 Å². The lowest BCUT2D eigenvalue weighted by atomic mass is 9.79. The first-order valence-corrected chi connectivity index (χ1v) is 31.0. The standard InChI is InChI=1S/C60H116N14/c1-15-37-49(39-29-33-47-73-57(7,8)41-35-42-58(73,9)10)63-53-65-51(67-55(69-53)71(17-3)18-4)61-45-31-27-25-23-21-22-24-26-28-32-46-62-52-66-54(70-56(68-52)72(19-5)20-6)64-50(38-16-2)40-30-34-48-74-59(11,12)43-36-44-60(74,13)14/h49-50H,15-48H2,1-14H3,(H2,61,63,65,67,69)(H2,62,64,66,68,70). The molecule has 2 saturated heterocycles. The Morgan fingerprint density at radius 1 is 0.392 bits per heavy atom. The van der Waals surface area contributed by atoms with Crippen molar-refractivity contribution in [2.45, 2.75) is 298 Å². The van der Waals surface area contributed by atoms with Gasteiger partial charge in [-0.3, -0.25) is 9.80 Å². The molecule has 0 aromatic carbocycles. The van der Waals surface area contributed by atoms with Crippen LogP contribution in [0.25, 0.3) is 0 Å². The van der Waals surface area contributed by atoms with Crippen LogP contribution in [0, 0.1) is 0 Å². The first kappa shape index (κ1) is 63.3. The molecule has 0 bridgehead atoms. The molecule has 0 amide bonds. The van der Waals surface area contributed by atoms with Gasteiger partial charge in [0.25, 0.3) is 0 Å². The van der Waals surface area contributed by atoms with Gasteiger partial charge in [0.2, 0.25) is 35.7 Å². The molecule has 74 heavy (non-hydrogen) atoms. The van der Waals surface area contributed by atoms with E-state index in [-0.39, 0.29) is 22.2 Å². The minimum atomic E-state index is 0.278. The molecule has 426 valence electrons. The van der Waals surface area contributed by atoms with E-state index in [2.05, 4.69) is 138 Å². The van der Waals surface area contributed by atoms with Gasteiger partial charge in [0.05, 0.1) is 0 Å². The van der Waals surface area contributed by atoms with Crippen molar-refractivity contribution in [2.75, 3.05) is 83.4 Å². The SMILES string of the molecule is CCCC(CCCCN1C(C)(C)CCCC1(C)C)Nc1nc(NCCCCCCCCCCCCNc2nc(NC(CCC)CCCCN3C(C)(C)CCCC3(C)C)nc(N(CC)CC)n2)nc(N(CC)CC)n1. The average molecular weight is 1030 g/mol. The third kappa shape index (κ3) is 21.3. The molecular weight excluding hydrogens is 917 g/mol. The molecule has 2 fully saturated rings. The lowest BCUT2D eigenvalue weighted by molar-refractivity contribution is -0.0279. The first-order chi connectivity index (χ1) is 35.4. The molecule has 0 saturated carbocycles. The summed E-state index contributed by atoms with van der Waals surface area (Å²) in [6, 6.07) is 0.713. The fraction of sp³-hybridized carbons (Fsp3) is 0.900. The topological polar surface area (TPSA) is 138 Å². The summed E-state index contributed by atoms with van der Waals surface area (Å²) >= 11 is 0. The zero-order valence-corrected chi connectivity index (χ0v) is 50.7. The number of unbranched alkanes of at least 4 members (excludes halogenated alkanes) is 11. The normalized spacial score (nSPS) is 18.2. The molecule has 2 aliphatic heterocycles. The molecular formula is C60H116N14. The Labute approximate surface area is 455 Å². The summed E-state index contributed by atoms with van der Waals surface area (Å²) in [4.78, 5) is 39.5.